The molecule has 80 heavy (non-hydrogen) atoms. The van der Waals surface area contributed by atoms with E-state index in [4.69, 9.17) is 35.3 Å². The number of amides is 3. The number of carbonyl (C=O) groups is 3. The summed E-state index contributed by atoms with van der Waals surface area (Å²) in [6, 6.07) is 20.5. The molecular weight excluding hydrogens is 1070 g/mol. The van der Waals surface area contributed by atoms with Crippen molar-refractivity contribution in [3.05, 3.63) is 119 Å². The van der Waals surface area contributed by atoms with E-state index < -0.39 is 23.9 Å². The fourth-order valence-corrected chi connectivity index (χ4v) is 12.1. The van der Waals surface area contributed by atoms with E-state index in [2.05, 4.69) is 31.9 Å². The van der Waals surface area contributed by atoms with Crippen LogP contribution in [0, 0.1) is 18.7 Å². The molecule has 3 fully saturated rings. The second kappa shape index (κ2) is 24.6. The predicted octanol–water partition coefficient (Wildman–Crippen LogP) is 8.72. The van der Waals surface area contributed by atoms with E-state index in [9.17, 15) is 24.6 Å². The maximum atomic E-state index is 17.1. The van der Waals surface area contributed by atoms with Gasteiger partial charge in [-0.15, -0.1) is 11.3 Å². The van der Waals surface area contributed by atoms with E-state index in [0.717, 1.165) is 53.0 Å². The molecule has 3 saturated heterocycles. The van der Waals surface area contributed by atoms with Gasteiger partial charge in [-0.25, -0.2) is 9.37 Å². The number of anilines is 1. The molecule has 6 heterocycles. The average Bonchev–Trinajstić information content (AvgIpc) is 4.26. The third kappa shape index (κ3) is 12.2. The average molecular weight is 1130 g/mol. The quantitative estimate of drug-likeness (QED) is 0.0511. The molecule has 7 aromatic rings. The third-order valence-electron chi connectivity index (χ3n) is 15.3. The number of thiazole rings is 1. The monoisotopic (exact) mass is 1130 g/mol. The number of aryl methyl sites for hydroxylation is 1. The number of aromatic hydroxyl groups is 1. The normalized spacial score (nSPS) is 18.0. The number of ether oxygens (including phenoxy) is 3. The van der Waals surface area contributed by atoms with Gasteiger partial charge in [-0.1, -0.05) is 80.6 Å². The van der Waals surface area contributed by atoms with E-state index in [1.807, 2.05) is 86.6 Å². The molecule has 4 aromatic carbocycles. The first-order valence-electron chi connectivity index (χ1n) is 27.1. The fraction of sp³-hybridized carbons (Fsp3) is 0.407. The number of benzene rings is 4. The van der Waals surface area contributed by atoms with Crippen LogP contribution >= 0.6 is 22.9 Å². The van der Waals surface area contributed by atoms with Crippen molar-refractivity contribution >= 4 is 68.2 Å². The van der Waals surface area contributed by atoms with Gasteiger partial charge in [0, 0.05) is 75.8 Å². The summed E-state index contributed by atoms with van der Waals surface area (Å²) in [5, 5.41) is 30.5. The first-order valence-corrected chi connectivity index (χ1v) is 28.3. The van der Waals surface area contributed by atoms with Crippen LogP contribution in [0.2, 0.25) is 5.02 Å². The van der Waals surface area contributed by atoms with Crippen LogP contribution in [0.25, 0.3) is 43.2 Å². The maximum absolute atomic E-state index is 17.1. The number of fused-ring (bicyclic) bond motifs is 2. The number of piperazine rings is 1. The summed E-state index contributed by atoms with van der Waals surface area (Å²) in [6.45, 7) is 15.8. The van der Waals surface area contributed by atoms with Crippen LogP contribution in [-0.2, 0) is 19.1 Å². The van der Waals surface area contributed by atoms with Crippen molar-refractivity contribution in [3.63, 3.8) is 0 Å². The Bertz CT molecular complexity index is 3380. The van der Waals surface area contributed by atoms with Gasteiger partial charge < -0.3 is 49.0 Å². The second-order valence-electron chi connectivity index (χ2n) is 20.9. The maximum Gasteiger partial charge on any atom is 0.319 e. The van der Waals surface area contributed by atoms with Crippen molar-refractivity contribution in [1.82, 2.24) is 40.1 Å². The number of aliphatic hydroxyl groups is 1. The standard InChI is InChI=1S/C59H65ClFN9O9S/c1-6-50(73)68-19-21-69(22-20-68)56-45-30-46(60)52(44-28-40(71)27-39-9-7-8-10-43(39)44)53(61)54(45)64-59(65-56)78-24-23-67-17-15-42(16-18-67)76-25-26-77-49-31-48(79-66-49)51(34(2)3)58(75)70-32-41(72)29-47(70)57(74)63-35(4)37-11-13-38(14-12-37)55-36(5)62-33-80-55/h6-14,27-28,30-31,33-35,41-42,47,51,71-72H,1,15-26,29,32H2,2-5H3,(H,63,74)/t35-,41+,47-,51-/m0/s1. The number of rotatable bonds is 19. The summed E-state index contributed by atoms with van der Waals surface area (Å²) < 4.78 is 41.1. The highest BCUT2D eigenvalue weighted by molar-refractivity contribution is 7.13. The van der Waals surface area contributed by atoms with Crippen LogP contribution in [0.4, 0.5) is 10.2 Å². The first-order chi connectivity index (χ1) is 38.6. The topological polar surface area (TPSA) is 209 Å². The Hall–Kier alpha value is -7.23. The molecule has 18 nitrogen and oxygen atoms in total. The Kier molecular flexibility index (Phi) is 17.3. The summed E-state index contributed by atoms with van der Waals surface area (Å²) in [5.41, 5.74) is 5.28. The molecule has 10 rings (SSSR count). The van der Waals surface area contributed by atoms with Crippen LogP contribution in [0.1, 0.15) is 69.0 Å². The number of carbonyl (C=O) groups excluding carboxylic acids is 3. The van der Waals surface area contributed by atoms with E-state index in [1.165, 1.54) is 17.0 Å². The summed E-state index contributed by atoms with van der Waals surface area (Å²) in [4.78, 5) is 62.7. The van der Waals surface area contributed by atoms with Gasteiger partial charge in [0.1, 0.15) is 42.3 Å². The van der Waals surface area contributed by atoms with Crippen molar-refractivity contribution in [2.75, 3.05) is 77.1 Å². The van der Waals surface area contributed by atoms with Gasteiger partial charge in [0.15, 0.2) is 11.6 Å². The molecule has 0 radical (unpaired) electrons. The van der Waals surface area contributed by atoms with Gasteiger partial charge in [-0.3, -0.25) is 19.3 Å². The number of β-amino-alcohol motifs (C(OH)–C–C–N with tert-alkyl or cyclic N) is 1. The molecule has 420 valence electrons. The minimum atomic E-state index is -0.866. The van der Waals surface area contributed by atoms with Gasteiger partial charge in [0.25, 0.3) is 5.88 Å². The van der Waals surface area contributed by atoms with E-state index in [1.54, 1.807) is 34.4 Å². The van der Waals surface area contributed by atoms with Crippen molar-refractivity contribution < 1.29 is 47.7 Å². The number of nitrogens with zero attached hydrogens (tertiary/aromatic N) is 8. The molecule has 0 spiro atoms. The lowest BCUT2D eigenvalue weighted by Crippen LogP contribution is -2.48. The number of hydrogen-bond donors (Lipinski definition) is 3. The van der Waals surface area contributed by atoms with Crippen LogP contribution < -0.4 is 19.7 Å². The van der Waals surface area contributed by atoms with Crippen LogP contribution in [-0.4, -0.2) is 153 Å². The predicted molar refractivity (Wildman–Crippen MR) is 304 cm³/mol. The Morgan fingerprint density at radius 3 is 2.44 bits per heavy atom. The Balaban J connectivity index is 0.712. The molecule has 0 bridgehead atoms. The number of likely N-dealkylation sites (tertiary alicyclic amines) is 2. The van der Waals surface area contributed by atoms with Crippen molar-refractivity contribution in [2.45, 2.75) is 77.2 Å². The van der Waals surface area contributed by atoms with E-state index in [-0.39, 0.29) is 95.7 Å². The van der Waals surface area contributed by atoms with Crippen molar-refractivity contribution in [2.24, 2.45) is 5.92 Å². The first kappa shape index (κ1) is 56.1. The zero-order valence-electron chi connectivity index (χ0n) is 45.1. The van der Waals surface area contributed by atoms with E-state index in [0.29, 0.717) is 67.2 Å². The van der Waals surface area contributed by atoms with E-state index >= 15 is 4.39 Å². The molecule has 4 atom stereocenters. The number of piperidine rings is 1. The lowest BCUT2D eigenvalue weighted by molar-refractivity contribution is -0.141. The zero-order chi connectivity index (χ0) is 56.2. The lowest BCUT2D eigenvalue weighted by atomic mass is 9.91. The van der Waals surface area contributed by atoms with Crippen LogP contribution in [0.5, 0.6) is 17.6 Å². The SMILES string of the molecule is C=CC(=O)N1CCN(c2nc(OCCN3CCC(OCCOc4cc([C@@H](C(=O)N5C[C@H](O)C[C@H]5C(=O)N[C@@H](C)c5ccc(-c6scnc6C)cc5)C(C)C)on4)CC3)nc3c(F)c(-c4cc(O)cc5ccccc45)c(Cl)cc23)CC1. The van der Waals surface area contributed by atoms with Gasteiger partial charge in [-0.2, -0.15) is 9.97 Å². The molecule has 3 amide bonds. The smallest absolute Gasteiger partial charge is 0.319 e. The number of phenols is 1. The fourth-order valence-electron chi connectivity index (χ4n) is 11.0. The number of nitrogens with one attached hydrogen (secondary N) is 1. The minimum Gasteiger partial charge on any atom is -0.508 e. The van der Waals surface area contributed by atoms with Gasteiger partial charge >= 0.3 is 6.01 Å². The number of phenolic OH excluding ortho intramolecular Hbond substituents is 1. The summed E-state index contributed by atoms with van der Waals surface area (Å²) in [5.74, 6) is -1.61. The molecule has 0 aliphatic carbocycles. The van der Waals surface area contributed by atoms with Crippen molar-refractivity contribution in [3.8, 4) is 39.2 Å². The Morgan fingerprint density at radius 1 is 0.950 bits per heavy atom. The molecular formula is C59H65ClFN9O9S. The Labute approximate surface area is 472 Å². The Morgan fingerprint density at radius 2 is 1.71 bits per heavy atom. The summed E-state index contributed by atoms with van der Waals surface area (Å²) >= 11 is 8.49. The molecule has 21 heteroatoms. The third-order valence-corrected chi connectivity index (χ3v) is 16.5. The molecule has 3 aliphatic rings. The highest BCUT2D eigenvalue weighted by Gasteiger charge is 2.44. The number of aliphatic hydroxyl groups excluding tert-OH is 1. The number of aromatic nitrogens is 4. The van der Waals surface area contributed by atoms with Gasteiger partial charge in [-0.05, 0) is 89.5 Å². The number of hydrogen-bond acceptors (Lipinski definition) is 16. The minimum absolute atomic E-state index is 0.000467. The molecule has 3 aromatic heterocycles. The van der Waals surface area contributed by atoms with Gasteiger partial charge in [0.05, 0.1) is 46.0 Å². The highest BCUT2D eigenvalue weighted by Crippen LogP contribution is 2.43. The molecule has 3 aliphatic heterocycles. The van der Waals surface area contributed by atoms with Gasteiger partial charge in [0.2, 0.25) is 17.7 Å². The zero-order valence-corrected chi connectivity index (χ0v) is 46.7. The second-order valence-corrected chi connectivity index (χ2v) is 22.2. The van der Waals surface area contributed by atoms with Crippen LogP contribution in [0.15, 0.2) is 95.5 Å². The van der Waals surface area contributed by atoms with Crippen LogP contribution in [0.3, 0.4) is 0 Å². The molecule has 0 saturated carbocycles. The summed E-state index contributed by atoms with van der Waals surface area (Å²) in [6.07, 6.45) is 2.08. The molecule has 3 N–H and O–H groups in total. The van der Waals surface area contributed by atoms with Crippen molar-refractivity contribution in [1.29, 1.82) is 0 Å². The summed E-state index contributed by atoms with van der Waals surface area (Å²) in [7, 11) is 0. The lowest BCUT2D eigenvalue weighted by Gasteiger charge is -2.35. The highest BCUT2D eigenvalue weighted by atomic mass is 35.5. The largest absolute Gasteiger partial charge is 0.508 e. The molecule has 0 unspecified atom stereocenters. The number of halogens is 2.